The molecule has 0 aliphatic heterocycles. The summed E-state index contributed by atoms with van der Waals surface area (Å²) in [6.07, 6.45) is 0.298. The summed E-state index contributed by atoms with van der Waals surface area (Å²) in [6.45, 7) is 3.78. The molecular weight excluding hydrogens is 293 g/mol. The molecule has 0 heterocycles. The Morgan fingerprint density at radius 3 is 2.43 bits per heavy atom. The van der Waals surface area contributed by atoms with Gasteiger partial charge in [0, 0.05) is 23.6 Å². The molecule has 1 aromatic rings. The Bertz CT molecular complexity index is 476. The van der Waals surface area contributed by atoms with Crippen LogP contribution in [0.2, 0.25) is 0 Å². The van der Waals surface area contributed by atoms with Crippen molar-refractivity contribution in [1.82, 2.24) is 5.32 Å². The molecule has 4 nitrogen and oxygen atoms in total. The van der Waals surface area contributed by atoms with Crippen molar-refractivity contribution in [2.24, 2.45) is 11.8 Å². The van der Waals surface area contributed by atoms with E-state index < -0.39 is 11.9 Å². The van der Waals surface area contributed by atoms with E-state index in [1.54, 1.807) is 12.1 Å². The lowest BCUT2D eigenvalue weighted by Gasteiger charge is -2.16. The van der Waals surface area contributed by atoms with Crippen LogP contribution in [0, 0.1) is 17.7 Å². The SMILES string of the molecule is CC(C)C(CNC(=O)CCSc1ccc(F)cc1)C(=O)O. The van der Waals surface area contributed by atoms with Gasteiger partial charge in [0.15, 0.2) is 0 Å². The number of hydrogen-bond acceptors (Lipinski definition) is 3. The fourth-order valence-corrected chi connectivity index (χ4v) is 2.56. The number of nitrogens with one attached hydrogen (secondary N) is 1. The minimum Gasteiger partial charge on any atom is -0.481 e. The van der Waals surface area contributed by atoms with E-state index in [4.69, 9.17) is 5.11 Å². The molecule has 1 amide bonds. The summed E-state index contributed by atoms with van der Waals surface area (Å²) in [4.78, 5) is 23.6. The standard InChI is InChI=1S/C15H20FNO3S/c1-10(2)13(15(19)20)9-17-14(18)7-8-21-12-5-3-11(16)4-6-12/h3-6,10,13H,7-9H2,1-2H3,(H,17,18)(H,19,20). The predicted octanol–water partition coefficient (Wildman–Crippen LogP) is 2.78. The van der Waals surface area contributed by atoms with Crippen LogP contribution in [-0.4, -0.2) is 29.3 Å². The van der Waals surface area contributed by atoms with Gasteiger partial charge in [0.25, 0.3) is 0 Å². The molecule has 1 aromatic carbocycles. The molecule has 1 unspecified atom stereocenters. The number of halogens is 1. The molecule has 0 saturated carbocycles. The largest absolute Gasteiger partial charge is 0.481 e. The van der Waals surface area contributed by atoms with Gasteiger partial charge in [-0.05, 0) is 30.2 Å². The zero-order chi connectivity index (χ0) is 15.8. The third-order valence-corrected chi connectivity index (χ3v) is 4.07. The van der Waals surface area contributed by atoms with Gasteiger partial charge in [-0.1, -0.05) is 13.8 Å². The van der Waals surface area contributed by atoms with Crippen molar-refractivity contribution < 1.29 is 19.1 Å². The number of amides is 1. The monoisotopic (exact) mass is 313 g/mol. The van der Waals surface area contributed by atoms with E-state index in [1.165, 1.54) is 23.9 Å². The Labute approximate surface area is 128 Å². The molecule has 0 fully saturated rings. The van der Waals surface area contributed by atoms with Crippen LogP contribution in [0.4, 0.5) is 4.39 Å². The highest BCUT2D eigenvalue weighted by atomic mass is 32.2. The van der Waals surface area contributed by atoms with E-state index in [0.29, 0.717) is 12.2 Å². The normalized spacial score (nSPS) is 12.2. The maximum atomic E-state index is 12.7. The zero-order valence-electron chi connectivity index (χ0n) is 12.1. The van der Waals surface area contributed by atoms with Crippen LogP contribution < -0.4 is 5.32 Å². The molecule has 21 heavy (non-hydrogen) atoms. The summed E-state index contributed by atoms with van der Waals surface area (Å²) in [5.74, 6) is -1.39. The molecule has 2 N–H and O–H groups in total. The maximum absolute atomic E-state index is 12.7. The first kappa shape index (κ1) is 17.5. The van der Waals surface area contributed by atoms with Gasteiger partial charge in [0.1, 0.15) is 5.82 Å². The molecule has 0 aromatic heterocycles. The van der Waals surface area contributed by atoms with Crippen LogP contribution in [0.25, 0.3) is 0 Å². The summed E-state index contributed by atoms with van der Waals surface area (Å²) in [5.41, 5.74) is 0. The van der Waals surface area contributed by atoms with Crippen molar-refractivity contribution in [3.05, 3.63) is 30.1 Å². The average molecular weight is 313 g/mol. The Morgan fingerprint density at radius 1 is 1.29 bits per heavy atom. The second-order valence-corrected chi connectivity index (χ2v) is 6.21. The Balaban J connectivity index is 2.28. The van der Waals surface area contributed by atoms with Crippen molar-refractivity contribution in [2.75, 3.05) is 12.3 Å². The molecule has 0 spiro atoms. The number of aliphatic carboxylic acids is 1. The quantitative estimate of drug-likeness (QED) is 0.724. The lowest BCUT2D eigenvalue weighted by Crippen LogP contribution is -2.35. The van der Waals surface area contributed by atoms with Gasteiger partial charge in [0.2, 0.25) is 5.91 Å². The van der Waals surface area contributed by atoms with Crippen LogP contribution >= 0.6 is 11.8 Å². The van der Waals surface area contributed by atoms with Crippen molar-refractivity contribution >= 4 is 23.6 Å². The molecule has 1 rings (SSSR count). The number of rotatable bonds is 8. The van der Waals surface area contributed by atoms with Gasteiger partial charge in [-0.2, -0.15) is 0 Å². The van der Waals surface area contributed by atoms with Gasteiger partial charge < -0.3 is 10.4 Å². The molecular formula is C15H20FNO3S. The first-order valence-electron chi connectivity index (χ1n) is 6.78. The van der Waals surface area contributed by atoms with Crippen LogP contribution in [0.3, 0.4) is 0 Å². The van der Waals surface area contributed by atoms with Crippen LogP contribution in [0.5, 0.6) is 0 Å². The molecule has 0 aliphatic rings. The number of carbonyl (C=O) groups excluding carboxylic acids is 1. The van der Waals surface area contributed by atoms with Crippen LogP contribution in [0.1, 0.15) is 20.3 Å². The first-order valence-corrected chi connectivity index (χ1v) is 7.76. The average Bonchev–Trinajstić information content (AvgIpc) is 2.40. The van der Waals surface area contributed by atoms with E-state index >= 15 is 0 Å². The van der Waals surface area contributed by atoms with E-state index in [2.05, 4.69) is 5.32 Å². The summed E-state index contributed by atoms with van der Waals surface area (Å²) in [6, 6.07) is 6.08. The minimum absolute atomic E-state index is 0.0311. The number of carbonyl (C=O) groups is 2. The Morgan fingerprint density at radius 2 is 1.90 bits per heavy atom. The Hall–Kier alpha value is -1.56. The molecule has 0 aliphatic carbocycles. The lowest BCUT2D eigenvalue weighted by molar-refractivity contribution is -0.143. The molecule has 6 heteroatoms. The molecule has 0 radical (unpaired) electrons. The molecule has 116 valence electrons. The van der Waals surface area contributed by atoms with Crippen LogP contribution in [0.15, 0.2) is 29.2 Å². The summed E-state index contributed by atoms with van der Waals surface area (Å²) in [5, 5.41) is 11.7. The number of hydrogen-bond donors (Lipinski definition) is 2. The highest BCUT2D eigenvalue weighted by Crippen LogP contribution is 2.18. The van der Waals surface area contributed by atoms with Crippen LogP contribution in [-0.2, 0) is 9.59 Å². The first-order chi connectivity index (χ1) is 9.90. The molecule has 0 bridgehead atoms. The number of carboxylic acid groups (broad SMARTS) is 1. The second kappa shape index (κ2) is 8.67. The fraction of sp³-hybridized carbons (Fsp3) is 0.467. The summed E-state index contributed by atoms with van der Waals surface area (Å²) >= 11 is 1.46. The topological polar surface area (TPSA) is 66.4 Å². The van der Waals surface area contributed by atoms with Gasteiger partial charge in [0.05, 0.1) is 5.92 Å². The summed E-state index contributed by atoms with van der Waals surface area (Å²) in [7, 11) is 0. The highest BCUT2D eigenvalue weighted by Gasteiger charge is 2.21. The van der Waals surface area contributed by atoms with E-state index in [9.17, 15) is 14.0 Å². The van der Waals surface area contributed by atoms with Gasteiger partial charge >= 0.3 is 5.97 Å². The Kier molecular flexibility index (Phi) is 7.22. The van der Waals surface area contributed by atoms with E-state index in [1.807, 2.05) is 13.8 Å². The number of carboxylic acids is 1. The van der Waals surface area contributed by atoms with Crippen molar-refractivity contribution in [3.8, 4) is 0 Å². The summed E-state index contributed by atoms with van der Waals surface area (Å²) < 4.78 is 12.7. The van der Waals surface area contributed by atoms with E-state index in [-0.39, 0.29) is 24.2 Å². The third-order valence-electron chi connectivity index (χ3n) is 3.05. The second-order valence-electron chi connectivity index (χ2n) is 5.05. The van der Waals surface area contributed by atoms with Gasteiger partial charge in [-0.25, -0.2) is 4.39 Å². The third kappa shape index (κ3) is 6.62. The van der Waals surface area contributed by atoms with Crippen molar-refractivity contribution in [2.45, 2.75) is 25.2 Å². The molecule has 1 atom stereocenters. The minimum atomic E-state index is -0.897. The van der Waals surface area contributed by atoms with Crippen molar-refractivity contribution in [1.29, 1.82) is 0 Å². The van der Waals surface area contributed by atoms with Gasteiger partial charge in [-0.15, -0.1) is 11.8 Å². The number of thioether (sulfide) groups is 1. The zero-order valence-corrected chi connectivity index (χ0v) is 13.0. The predicted molar refractivity (Wildman–Crippen MR) is 80.7 cm³/mol. The number of benzene rings is 1. The maximum Gasteiger partial charge on any atom is 0.308 e. The highest BCUT2D eigenvalue weighted by molar-refractivity contribution is 7.99. The van der Waals surface area contributed by atoms with Gasteiger partial charge in [-0.3, -0.25) is 9.59 Å². The smallest absolute Gasteiger partial charge is 0.308 e. The van der Waals surface area contributed by atoms with E-state index in [0.717, 1.165) is 4.90 Å². The van der Waals surface area contributed by atoms with Crippen molar-refractivity contribution in [3.63, 3.8) is 0 Å². The fourth-order valence-electron chi connectivity index (χ4n) is 1.71. The molecule has 0 saturated heterocycles. The lowest BCUT2D eigenvalue weighted by atomic mass is 9.96.